The van der Waals surface area contributed by atoms with Crippen LogP contribution in [-0.2, 0) is 17.8 Å². The zero-order valence-corrected chi connectivity index (χ0v) is 14.5. The van der Waals surface area contributed by atoms with Gasteiger partial charge in [0, 0.05) is 22.2 Å². The number of nitro groups is 1. The molecule has 26 heavy (non-hydrogen) atoms. The fraction of sp³-hybridized carbons (Fsp3) is 0.105. The maximum atomic E-state index is 13.2. The molecule has 0 spiro atoms. The number of carbonyl (C=O) groups excluding carboxylic acids is 1. The van der Waals surface area contributed by atoms with Gasteiger partial charge in [-0.3, -0.25) is 14.9 Å². The van der Waals surface area contributed by atoms with E-state index in [1.54, 1.807) is 18.2 Å². The van der Waals surface area contributed by atoms with Gasteiger partial charge in [-0.1, -0.05) is 24.3 Å². The maximum Gasteiger partial charge on any atom is 0.273 e. The number of para-hydroxylation sites is 1. The average Bonchev–Trinajstić information content (AvgIpc) is 3.14. The van der Waals surface area contributed by atoms with Gasteiger partial charge in [0.25, 0.3) is 5.69 Å². The van der Waals surface area contributed by atoms with E-state index in [0.717, 1.165) is 4.88 Å². The van der Waals surface area contributed by atoms with E-state index in [-0.39, 0.29) is 18.0 Å². The van der Waals surface area contributed by atoms with Gasteiger partial charge in [-0.25, -0.2) is 4.39 Å². The minimum Gasteiger partial charge on any atom is -0.307 e. The van der Waals surface area contributed by atoms with Crippen LogP contribution in [0.4, 0.5) is 15.8 Å². The molecule has 0 saturated heterocycles. The van der Waals surface area contributed by atoms with Gasteiger partial charge in [-0.2, -0.15) is 0 Å². The Balaban J connectivity index is 1.90. The van der Waals surface area contributed by atoms with Crippen LogP contribution in [0.5, 0.6) is 0 Å². The first-order valence-electron chi connectivity index (χ1n) is 7.85. The first kappa shape index (κ1) is 17.8. The van der Waals surface area contributed by atoms with Crippen molar-refractivity contribution in [3.05, 3.63) is 92.4 Å². The van der Waals surface area contributed by atoms with Gasteiger partial charge in [-0.05, 0) is 35.7 Å². The zero-order valence-electron chi connectivity index (χ0n) is 13.7. The third-order valence-electron chi connectivity index (χ3n) is 3.86. The van der Waals surface area contributed by atoms with Crippen molar-refractivity contribution in [1.29, 1.82) is 0 Å². The van der Waals surface area contributed by atoms with E-state index in [2.05, 4.69) is 0 Å². The number of benzene rings is 2. The van der Waals surface area contributed by atoms with Gasteiger partial charge >= 0.3 is 0 Å². The van der Waals surface area contributed by atoms with Gasteiger partial charge in [0.1, 0.15) is 5.82 Å². The van der Waals surface area contributed by atoms with Crippen LogP contribution >= 0.6 is 11.3 Å². The molecule has 0 bridgehead atoms. The lowest BCUT2D eigenvalue weighted by molar-refractivity contribution is -0.385. The van der Waals surface area contributed by atoms with E-state index in [1.165, 1.54) is 46.6 Å². The molecule has 7 heteroatoms. The SMILES string of the molecule is O=C(Cc1ccccc1[N+](=O)[O-])N(Cc1cccs1)c1ccc(F)cc1. The predicted octanol–water partition coefficient (Wildman–Crippen LogP) is 4.57. The molecule has 0 fully saturated rings. The summed E-state index contributed by atoms with van der Waals surface area (Å²) in [6.45, 7) is 0.322. The molecule has 1 heterocycles. The smallest absolute Gasteiger partial charge is 0.273 e. The minimum absolute atomic E-state index is 0.0870. The molecule has 1 amide bonds. The van der Waals surface area contributed by atoms with Crippen LogP contribution in [0.15, 0.2) is 66.0 Å². The summed E-state index contributed by atoms with van der Waals surface area (Å²) in [6, 6.07) is 15.6. The standard InChI is InChI=1S/C19H15FN2O3S/c20-15-7-9-16(10-8-15)21(13-17-5-3-11-26-17)19(23)12-14-4-1-2-6-18(14)22(24)25/h1-11H,12-13H2. The first-order chi connectivity index (χ1) is 12.5. The van der Waals surface area contributed by atoms with Gasteiger partial charge in [-0.15, -0.1) is 11.3 Å². The van der Waals surface area contributed by atoms with Crippen molar-refractivity contribution in [1.82, 2.24) is 0 Å². The van der Waals surface area contributed by atoms with Gasteiger partial charge in [0.15, 0.2) is 0 Å². The Bertz CT molecular complexity index is 911. The highest BCUT2D eigenvalue weighted by molar-refractivity contribution is 7.09. The fourth-order valence-corrected chi connectivity index (χ4v) is 3.29. The second-order valence-corrected chi connectivity index (χ2v) is 6.63. The topological polar surface area (TPSA) is 63.4 Å². The Morgan fingerprint density at radius 1 is 1.08 bits per heavy atom. The second-order valence-electron chi connectivity index (χ2n) is 5.60. The molecular weight excluding hydrogens is 355 g/mol. The molecule has 0 saturated carbocycles. The number of hydrogen-bond acceptors (Lipinski definition) is 4. The number of halogens is 1. The van der Waals surface area contributed by atoms with Gasteiger partial charge in [0.2, 0.25) is 5.91 Å². The third-order valence-corrected chi connectivity index (χ3v) is 4.72. The molecule has 0 unspecified atom stereocenters. The van der Waals surface area contributed by atoms with Crippen molar-refractivity contribution in [2.24, 2.45) is 0 Å². The lowest BCUT2D eigenvalue weighted by Gasteiger charge is -2.22. The molecular formula is C19H15FN2O3S. The number of nitro benzene ring substituents is 1. The van der Waals surface area contributed by atoms with E-state index in [4.69, 9.17) is 0 Å². The van der Waals surface area contributed by atoms with Crippen LogP contribution < -0.4 is 4.90 Å². The van der Waals surface area contributed by atoms with Gasteiger partial charge in [0.05, 0.1) is 17.9 Å². The number of hydrogen-bond donors (Lipinski definition) is 0. The molecule has 0 aliphatic carbocycles. The van der Waals surface area contributed by atoms with E-state index >= 15 is 0 Å². The number of rotatable bonds is 6. The summed E-state index contributed by atoms with van der Waals surface area (Å²) in [5.41, 5.74) is 0.806. The third kappa shape index (κ3) is 4.12. The molecule has 0 N–H and O–H groups in total. The van der Waals surface area contributed by atoms with Crippen molar-refractivity contribution in [2.75, 3.05) is 4.90 Å². The van der Waals surface area contributed by atoms with Crippen LogP contribution in [0.2, 0.25) is 0 Å². The van der Waals surface area contributed by atoms with E-state index < -0.39 is 10.7 Å². The summed E-state index contributed by atoms with van der Waals surface area (Å²) in [4.78, 5) is 26.1. The van der Waals surface area contributed by atoms with Crippen LogP contribution in [0.3, 0.4) is 0 Å². The largest absolute Gasteiger partial charge is 0.307 e. The maximum absolute atomic E-state index is 13.2. The Labute approximate surface area is 153 Å². The average molecular weight is 370 g/mol. The Hall–Kier alpha value is -3.06. The van der Waals surface area contributed by atoms with E-state index in [0.29, 0.717) is 17.8 Å². The van der Waals surface area contributed by atoms with Crippen molar-refractivity contribution in [3.63, 3.8) is 0 Å². The molecule has 0 radical (unpaired) electrons. The minimum atomic E-state index is -0.496. The molecule has 1 aromatic heterocycles. The fourth-order valence-electron chi connectivity index (χ4n) is 2.60. The summed E-state index contributed by atoms with van der Waals surface area (Å²) in [5, 5.41) is 13.1. The summed E-state index contributed by atoms with van der Waals surface area (Å²) < 4.78 is 13.2. The highest BCUT2D eigenvalue weighted by Crippen LogP contribution is 2.24. The number of anilines is 1. The first-order valence-corrected chi connectivity index (χ1v) is 8.73. The lowest BCUT2D eigenvalue weighted by atomic mass is 10.1. The van der Waals surface area contributed by atoms with E-state index in [9.17, 15) is 19.3 Å². The molecule has 2 aromatic carbocycles. The van der Waals surface area contributed by atoms with Gasteiger partial charge < -0.3 is 4.90 Å². The molecule has 3 aromatic rings. The number of amides is 1. The zero-order chi connectivity index (χ0) is 18.5. The number of nitrogens with zero attached hydrogens (tertiary/aromatic N) is 2. The molecule has 3 rings (SSSR count). The highest BCUT2D eigenvalue weighted by atomic mass is 32.1. The number of thiophene rings is 1. The van der Waals surface area contributed by atoms with Crippen molar-refractivity contribution in [2.45, 2.75) is 13.0 Å². The monoisotopic (exact) mass is 370 g/mol. The molecule has 0 aliphatic rings. The number of carbonyl (C=O) groups is 1. The Morgan fingerprint density at radius 2 is 1.81 bits per heavy atom. The van der Waals surface area contributed by atoms with Crippen molar-refractivity contribution >= 4 is 28.6 Å². The lowest BCUT2D eigenvalue weighted by Crippen LogP contribution is -2.31. The summed E-state index contributed by atoms with van der Waals surface area (Å²) >= 11 is 1.50. The highest BCUT2D eigenvalue weighted by Gasteiger charge is 2.21. The van der Waals surface area contributed by atoms with E-state index in [1.807, 2.05) is 17.5 Å². The van der Waals surface area contributed by atoms with Crippen molar-refractivity contribution in [3.8, 4) is 0 Å². The predicted molar refractivity (Wildman–Crippen MR) is 98.7 cm³/mol. The summed E-state index contributed by atoms with van der Waals surface area (Å²) in [7, 11) is 0. The van der Waals surface area contributed by atoms with Crippen LogP contribution in [0, 0.1) is 15.9 Å². The molecule has 0 atom stereocenters. The molecule has 5 nitrogen and oxygen atoms in total. The second kappa shape index (κ2) is 7.88. The normalized spacial score (nSPS) is 10.5. The Morgan fingerprint density at radius 3 is 2.46 bits per heavy atom. The summed E-state index contributed by atoms with van der Waals surface area (Å²) in [6.07, 6.45) is -0.111. The van der Waals surface area contributed by atoms with Crippen LogP contribution in [0.1, 0.15) is 10.4 Å². The van der Waals surface area contributed by atoms with Crippen LogP contribution in [0.25, 0.3) is 0 Å². The molecule has 0 aliphatic heterocycles. The quantitative estimate of drug-likeness (QED) is 0.472. The van der Waals surface area contributed by atoms with Crippen LogP contribution in [-0.4, -0.2) is 10.8 Å². The van der Waals surface area contributed by atoms with Crippen molar-refractivity contribution < 1.29 is 14.1 Å². The Kier molecular flexibility index (Phi) is 5.38. The molecule has 132 valence electrons. The summed E-state index contributed by atoms with van der Waals surface area (Å²) in [5.74, 6) is -0.685.